The van der Waals surface area contributed by atoms with Crippen molar-refractivity contribution in [2.75, 3.05) is 0 Å². The van der Waals surface area contributed by atoms with Gasteiger partial charge in [-0.25, -0.2) is 0 Å². The standard InChI is InChI=1S/C10H10O3/c11-8-5-9(12)10(13)7-4-2-1-3-6(7)8/h1-4,9-10,12-13H,5H2/t9-,10-/m1/s1. The highest BCUT2D eigenvalue weighted by Gasteiger charge is 2.30. The van der Waals surface area contributed by atoms with Crippen molar-refractivity contribution in [3.63, 3.8) is 0 Å². The van der Waals surface area contributed by atoms with E-state index < -0.39 is 12.2 Å². The third-order valence-corrected chi connectivity index (χ3v) is 2.34. The highest BCUT2D eigenvalue weighted by atomic mass is 16.3. The number of fused-ring (bicyclic) bond motifs is 1. The molecule has 0 saturated heterocycles. The lowest BCUT2D eigenvalue weighted by Gasteiger charge is -2.24. The first kappa shape index (κ1) is 8.41. The molecular weight excluding hydrogens is 168 g/mol. The second-order valence-corrected chi connectivity index (χ2v) is 3.23. The van der Waals surface area contributed by atoms with E-state index in [-0.39, 0.29) is 12.2 Å². The Morgan fingerprint density at radius 3 is 2.69 bits per heavy atom. The molecule has 0 bridgehead atoms. The summed E-state index contributed by atoms with van der Waals surface area (Å²) in [6.07, 6.45) is -1.87. The molecule has 0 radical (unpaired) electrons. The lowest BCUT2D eigenvalue weighted by molar-refractivity contribution is 0.00872. The van der Waals surface area contributed by atoms with Crippen LogP contribution in [-0.2, 0) is 0 Å². The Hall–Kier alpha value is -1.19. The summed E-state index contributed by atoms with van der Waals surface area (Å²) in [7, 11) is 0. The zero-order valence-corrected chi connectivity index (χ0v) is 6.97. The molecule has 0 fully saturated rings. The van der Waals surface area contributed by atoms with Gasteiger partial charge in [-0.15, -0.1) is 0 Å². The number of aliphatic hydroxyl groups is 2. The summed E-state index contributed by atoms with van der Waals surface area (Å²) in [6.45, 7) is 0. The highest BCUT2D eigenvalue weighted by molar-refractivity contribution is 5.99. The lowest BCUT2D eigenvalue weighted by Crippen LogP contribution is -2.28. The van der Waals surface area contributed by atoms with E-state index in [0.29, 0.717) is 11.1 Å². The number of hydrogen-bond donors (Lipinski definition) is 2. The molecule has 0 heterocycles. The number of aliphatic hydroxyl groups excluding tert-OH is 2. The fourth-order valence-electron chi connectivity index (χ4n) is 1.63. The number of ketones is 1. The molecule has 3 heteroatoms. The summed E-state index contributed by atoms with van der Waals surface area (Å²) in [6, 6.07) is 6.83. The number of Topliss-reactive ketones (excluding diaryl/α,β-unsaturated/α-hetero) is 1. The van der Waals surface area contributed by atoms with Crippen molar-refractivity contribution in [1.82, 2.24) is 0 Å². The van der Waals surface area contributed by atoms with Crippen molar-refractivity contribution < 1.29 is 15.0 Å². The second-order valence-electron chi connectivity index (χ2n) is 3.23. The van der Waals surface area contributed by atoms with Crippen LogP contribution in [0.5, 0.6) is 0 Å². The van der Waals surface area contributed by atoms with Gasteiger partial charge in [0, 0.05) is 12.0 Å². The van der Waals surface area contributed by atoms with Crippen molar-refractivity contribution in [2.45, 2.75) is 18.6 Å². The van der Waals surface area contributed by atoms with E-state index in [9.17, 15) is 15.0 Å². The molecule has 2 rings (SSSR count). The molecule has 3 nitrogen and oxygen atoms in total. The van der Waals surface area contributed by atoms with E-state index in [1.165, 1.54) is 0 Å². The number of benzene rings is 1. The lowest BCUT2D eigenvalue weighted by atomic mass is 9.87. The molecule has 2 atom stereocenters. The summed E-state index contributed by atoms with van der Waals surface area (Å²) in [5, 5.41) is 18.9. The van der Waals surface area contributed by atoms with E-state index in [1.54, 1.807) is 24.3 Å². The minimum Gasteiger partial charge on any atom is -0.390 e. The van der Waals surface area contributed by atoms with Gasteiger partial charge in [0.05, 0.1) is 6.10 Å². The predicted molar refractivity (Wildman–Crippen MR) is 46.4 cm³/mol. The first-order valence-corrected chi connectivity index (χ1v) is 4.18. The maximum Gasteiger partial charge on any atom is 0.165 e. The third kappa shape index (κ3) is 1.26. The van der Waals surface area contributed by atoms with Crippen molar-refractivity contribution in [2.24, 2.45) is 0 Å². The van der Waals surface area contributed by atoms with Crippen molar-refractivity contribution in [1.29, 1.82) is 0 Å². The average molecular weight is 178 g/mol. The van der Waals surface area contributed by atoms with E-state index in [0.717, 1.165) is 0 Å². The quantitative estimate of drug-likeness (QED) is 0.613. The van der Waals surface area contributed by atoms with Crippen LogP contribution in [0, 0.1) is 0 Å². The molecule has 0 aromatic heterocycles. The van der Waals surface area contributed by atoms with Gasteiger partial charge in [0.25, 0.3) is 0 Å². The summed E-state index contributed by atoms with van der Waals surface area (Å²) in [5.41, 5.74) is 1.06. The predicted octanol–water partition coefficient (Wildman–Crippen LogP) is 0.667. The second kappa shape index (κ2) is 2.94. The van der Waals surface area contributed by atoms with Crippen LogP contribution < -0.4 is 0 Å². The fraction of sp³-hybridized carbons (Fsp3) is 0.300. The van der Waals surface area contributed by atoms with Crippen LogP contribution in [0.25, 0.3) is 0 Å². The van der Waals surface area contributed by atoms with Gasteiger partial charge in [0.1, 0.15) is 6.10 Å². The molecule has 0 amide bonds. The first-order valence-electron chi connectivity index (χ1n) is 4.18. The van der Waals surface area contributed by atoms with Crippen molar-refractivity contribution in [3.8, 4) is 0 Å². The van der Waals surface area contributed by atoms with Crippen LogP contribution in [0.2, 0.25) is 0 Å². The number of carbonyl (C=O) groups is 1. The van der Waals surface area contributed by atoms with Crippen molar-refractivity contribution in [3.05, 3.63) is 35.4 Å². The van der Waals surface area contributed by atoms with Crippen LogP contribution in [0.3, 0.4) is 0 Å². The Bertz CT molecular complexity index is 346. The van der Waals surface area contributed by atoms with Gasteiger partial charge < -0.3 is 10.2 Å². The van der Waals surface area contributed by atoms with Gasteiger partial charge in [0.2, 0.25) is 0 Å². The van der Waals surface area contributed by atoms with Gasteiger partial charge in [0.15, 0.2) is 5.78 Å². The highest BCUT2D eigenvalue weighted by Crippen LogP contribution is 2.29. The van der Waals surface area contributed by atoms with E-state index in [4.69, 9.17) is 0 Å². The summed E-state index contributed by atoms with van der Waals surface area (Å²) >= 11 is 0. The molecular formula is C10H10O3. The SMILES string of the molecule is O=C1C[C@@H](O)[C@H](O)c2ccccc21. The molecule has 1 aliphatic rings. The molecule has 68 valence electrons. The number of carbonyl (C=O) groups excluding carboxylic acids is 1. The Morgan fingerprint density at radius 2 is 1.92 bits per heavy atom. The van der Waals surface area contributed by atoms with Gasteiger partial charge in [-0.1, -0.05) is 24.3 Å². The molecule has 1 aromatic rings. The molecule has 0 unspecified atom stereocenters. The van der Waals surface area contributed by atoms with Gasteiger partial charge in [-0.2, -0.15) is 0 Å². The summed E-state index contributed by atoms with van der Waals surface area (Å²) in [4.78, 5) is 11.4. The van der Waals surface area contributed by atoms with Crippen LogP contribution in [-0.4, -0.2) is 22.1 Å². The zero-order chi connectivity index (χ0) is 9.42. The molecule has 1 aliphatic carbocycles. The third-order valence-electron chi connectivity index (χ3n) is 2.34. The molecule has 0 aliphatic heterocycles. The Balaban J connectivity index is 2.53. The summed E-state index contributed by atoms with van der Waals surface area (Å²) < 4.78 is 0. The zero-order valence-electron chi connectivity index (χ0n) is 6.97. The minimum atomic E-state index is -0.956. The molecule has 13 heavy (non-hydrogen) atoms. The average Bonchev–Trinajstić information content (AvgIpc) is 2.15. The fourth-order valence-corrected chi connectivity index (χ4v) is 1.63. The van der Waals surface area contributed by atoms with Crippen LogP contribution >= 0.6 is 0 Å². The molecule has 1 aromatic carbocycles. The molecule has 0 saturated carbocycles. The van der Waals surface area contributed by atoms with Crippen molar-refractivity contribution >= 4 is 5.78 Å². The van der Waals surface area contributed by atoms with Crippen LogP contribution in [0.15, 0.2) is 24.3 Å². The van der Waals surface area contributed by atoms with Gasteiger partial charge in [-0.3, -0.25) is 4.79 Å². The Morgan fingerprint density at radius 1 is 1.23 bits per heavy atom. The monoisotopic (exact) mass is 178 g/mol. The van der Waals surface area contributed by atoms with Crippen LogP contribution in [0.1, 0.15) is 28.4 Å². The number of rotatable bonds is 0. The minimum absolute atomic E-state index is 0.0121. The maximum atomic E-state index is 11.4. The smallest absolute Gasteiger partial charge is 0.165 e. The normalized spacial score (nSPS) is 27.1. The summed E-state index contributed by atoms with van der Waals surface area (Å²) in [5.74, 6) is -0.103. The molecule has 0 spiro atoms. The Kier molecular flexibility index (Phi) is 1.90. The van der Waals surface area contributed by atoms with E-state index in [1.807, 2.05) is 0 Å². The molecule has 2 N–H and O–H groups in total. The van der Waals surface area contributed by atoms with Gasteiger partial charge >= 0.3 is 0 Å². The van der Waals surface area contributed by atoms with Gasteiger partial charge in [-0.05, 0) is 5.56 Å². The van der Waals surface area contributed by atoms with Crippen LogP contribution in [0.4, 0.5) is 0 Å². The van der Waals surface area contributed by atoms with E-state index >= 15 is 0 Å². The number of hydrogen-bond acceptors (Lipinski definition) is 3. The van der Waals surface area contributed by atoms with E-state index in [2.05, 4.69) is 0 Å². The Labute approximate surface area is 75.6 Å². The largest absolute Gasteiger partial charge is 0.390 e. The first-order chi connectivity index (χ1) is 6.20. The topological polar surface area (TPSA) is 57.5 Å². The maximum absolute atomic E-state index is 11.4.